The number of hydrogen-bond donors (Lipinski definition) is 1. The second-order valence-electron chi connectivity index (χ2n) is 3.91. The first-order valence-corrected chi connectivity index (χ1v) is 5.38. The third-order valence-electron chi connectivity index (χ3n) is 1.62. The summed E-state index contributed by atoms with van der Waals surface area (Å²) >= 11 is 0. The molecule has 1 aromatic heterocycles. The van der Waals surface area contributed by atoms with Crippen LogP contribution in [0.5, 0.6) is 0 Å². The van der Waals surface area contributed by atoms with Gasteiger partial charge in [0.15, 0.2) is 0 Å². The summed E-state index contributed by atoms with van der Waals surface area (Å²) in [6.07, 6.45) is 1.33. The Hall–Kier alpha value is -0.810. The van der Waals surface area contributed by atoms with Crippen molar-refractivity contribution in [3.63, 3.8) is 0 Å². The third kappa shape index (κ3) is 2.10. The lowest BCUT2D eigenvalue weighted by molar-refractivity contribution is 0.397. The molecule has 0 unspecified atom stereocenters. The largest absolute Gasteiger partial charge is 0.467 e. The topological polar surface area (TPSA) is 73.3 Å². The lowest BCUT2D eigenvalue weighted by Crippen LogP contribution is -2.19. The van der Waals surface area contributed by atoms with Crippen LogP contribution in [0, 0.1) is 0 Å². The van der Waals surface area contributed by atoms with Crippen LogP contribution in [0.25, 0.3) is 0 Å². The SMILES string of the molecule is CC(C)(C)c1occc1S(N)(=O)=O. The highest BCUT2D eigenvalue weighted by Crippen LogP contribution is 2.28. The molecule has 2 N–H and O–H groups in total. The molecule has 74 valence electrons. The molecule has 0 radical (unpaired) electrons. The highest BCUT2D eigenvalue weighted by atomic mass is 32.2. The minimum absolute atomic E-state index is 0.0694. The van der Waals surface area contributed by atoms with E-state index in [0.717, 1.165) is 0 Å². The molecular weight excluding hydrogens is 190 g/mol. The van der Waals surface area contributed by atoms with Crippen LogP contribution >= 0.6 is 0 Å². The number of rotatable bonds is 1. The monoisotopic (exact) mass is 203 g/mol. The van der Waals surface area contributed by atoms with Crippen LogP contribution in [-0.4, -0.2) is 8.42 Å². The van der Waals surface area contributed by atoms with Gasteiger partial charge in [-0.05, 0) is 6.07 Å². The molecule has 13 heavy (non-hydrogen) atoms. The summed E-state index contributed by atoms with van der Waals surface area (Å²) in [7, 11) is -3.67. The quantitative estimate of drug-likeness (QED) is 0.745. The number of sulfonamides is 1. The standard InChI is InChI=1S/C8H13NO3S/c1-8(2,3)7-6(4-5-12-7)13(9,10)11/h4-5H,1-3H3,(H2,9,10,11). The van der Waals surface area contributed by atoms with Crippen LogP contribution in [0.1, 0.15) is 26.5 Å². The summed E-state index contributed by atoms with van der Waals surface area (Å²) in [6.45, 7) is 5.58. The molecule has 0 aliphatic rings. The minimum Gasteiger partial charge on any atom is -0.467 e. The van der Waals surface area contributed by atoms with Gasteiger partial charge < -0.3 is 4.42 Å². The van der Waals surface area contributed by atoms with Crippen molar-refractivity contribution < 1.29 is 12.8 Å². The fraction of sp³-hybridized carbons (Fsp3) is 0.500. The van der Waals surface area contributed by atoms with E-state index in [0.29, 0.717) is 5.76 Å². The van der Waals surface area contributed by atoms with Crippen molar-refractivity contribution in [2.75, 3.05) is 0 Å². The summed E-state index contributed by atoms with van der Waals surface area (Å²) in [5, 5.41) is 5.01. The summed E-state index contributed by atoms with van der Waals surface area (Å²) < 4.78 is 27.3. The van der Waals surface area contributed by atoms with Gasteiger partial charge in [0, 0.05) is 5.41 Å². The number of hydrogen-bond acceptors (Lipinski definition) is 3. The lowest BCUT2D eigenvalue weighted by Gasteiger charge is -2.16. The summed E-state index contributed by atoms with van der Waals surface area (Å²) in [4.78, 5) is 0.0694. The first-order valence-electron chi connectivity index (χ1n) is 3.83. The van der Waals surface area contributed by atoms with Crippen molar-refractivity contribution in [1.29, 1.82) is 0 Å². The maximum atomic E-state index is 11.1. The van der Waals surface area contributed by atoms with Crippen LogP contribution in [0.15, 0.2) is 21.6 Å². The predicted octanol–water partition coefficient (Wildman–Crippen LogP) is 1.22. The molecule has 0 saturated carbocycles. The Morgan fingerprint density at radius 2 is 1.92 bits per heavy atom. The molecule has 0 spiro atoms. The lowest BCUT2D eigenvalue weighted by atomic mass is 9.93. The van der Waals surface area contributed by atoms with Gasteiger partial charge in [-0.3, -0.25) is 0 Å². The Labute approximate surface area is 77.8 Å². The van der Waals surface area contributed by atoms with Gasteiger partial charge in [0.05, 0.1) is 6.26 Å². The zero-order valence-corrected chi connectivity index (χ0v) is 8.68. The molecule has 0 amide bonds. The van der Waals surface area contributed by atoms with Gasteiger partial charge in [-0.2, -0.15) is 0 Å². The van der Waals surface area contributed by atoms with E-state index in [1.165, 1.54) is 12.3 Å². The van der Waals surface area contributed by atoms with Gasteiger partial charge in [-0.25, -0.2) is 13.6 Å². The Balaban J connectivity index is 3.35. The maximum Gasteiger partial charge on any atom is 0.241 e. The van der Waals surface area contributed by atoms with Crippen LogP contribution in [0.2, 0.25) is 0 Å². The van der Waals surface area contributed by atoms with Crippen molar-refractivity contribution in [3.8, 4) is 0 Å². The molecule has 1 rings (SSSR count). The molecule has 0 saturated heterocycles. The van der Waals surface area contributed by atoms with Crippen LogP contribution < -0.4 is 5.14 Å². The number of primary sulfonamides is 1. The molecule has 0 aromatic carbocycles. The summed E-state index contributed by atoms with van der Waals surface area (Å²) in [5.74, 6) is 0.398. The molecule has 0 fully saturated rings. The Kier molecular flexibility index (Phi) is 2.25. The van der Waals surface area contributed by atoms with Crippen molar-refractivity contribution in [3.05, 3.63) is 18.1 Å². The zero-order valence-electron chi connectivity index (χ0n) is 7.87. The van der Waals surface area contributed by atoms with E-state index >= 15 is 0 Å². The Morgan fingerprint density at radius 1 is 1.38 bits per heavy atom. The van der Waals surface area contributed by atoms with Crippen molar-refractivity contribution in [2.24, 2.45) is 5.14 Å². The molecule has 0 bridgehead atoms. The summed E-state index contributed by atoms with van der Waals surface area (Å²) in [5.41, 5.74) is -0.356. The zero-order chi connectivity index (χ0) is 10.3. The predicted molar refractivity (Wildman–Crippen MR) is 48.8 cm³/mol. The summed E-state index contributed by atoms with van der Waals surface area (Å²) in [6, 6.07) is 1.37. The van der Waals surface area contributed by atoms with E-state index in [1.807, 2.05) is 20.8 Å². The molecule has 1 aromatic rings. The third-order valence-corrected chi connectivity index (χ3v) is 2.55. The first-order chi connectivity index (χ1) is 5.73. The highest BCUT2D eigenvalue weighted by molar-refractivity contribution is 7.89. The van der Waals surface area contributed by atoms with E-state index in [1.54, 1.807) is 0 Å². The average Bonchev–Trinajstić information content (AvgIpc) is 2.27. The molecule has 0 atom stereocenters. The van der Waals surface area contributed by atoms with E-state index in [4.69, 9.17) is 9.56 Å². The van der Waals surface area contributed by atoms with E-state index in [-0.39, 0.29) is 10.3 Å². The molecule has 5 heteroatoms. The van der Waals surface area contributed by atoms with Gasteiger partial charge in [-0.15, -0.1) is 0 Å². The normalized spacial score (nSPS) is 13.2. The second-order valence-corrected chi connectivity index (χ2v) is 5.44. The fourth-order valence-corrected chi connectivity index (χ4v) is 1.93. The van der Waals surface area contributed by atoms with Gasteiger partial charge in [-0.1, -0.05) is 20.8 Å². The average molecular weight is 203 g/mol. The highest BCUT2D eigenvalue weighted by Gasteiger charge is 2.26. The van der Waals surface area contributed by atoms with E-state index < -0.39 is 10.0 Å². The Bertz CT molecular complexity index is 397. The number of furan rings is 1. The van der Waals surface area contributed by atoms with Gasteiger partial charge >= 0.3 is 0 Å². The Morgan fingerprint density at radius 3 is 2.23 bits per heavy atom. The van der Waals surface area contributed by atoms with Crippen molar-refractivity contribution in [2.45, 2.75) is 31.1 Å². The molecule has 0 aliphatic carbocycles. The fourth-order valence-electron chi connectivity index (χ4n) is 1.07. The van der Waals surface area contributed by atoms with E-state index in [2.05, 4.69) is 0 Å². The van der Waals surface area contributed by atoms with Crippen molar-refractivity contribution >= 4 is 10.0 Å². The maximum absolute atomic E-state index is 11.1. The van der Waals surface area contributed by atoms with Gasteiger partial charge in [0.25, 0.3) is 0 Å². The second kappa shape index (κ2) is 2.85. The molecular formula is C8H13NO3S. The number of nitrogens with two attached hydrogens (primary N) is 1. The van der Waals surface area contributed by atoms with Crippen LogP contribution in [0.4, 0.5) is 0 Å². The first kappa shape index (κ1) is 10.3. The molecule has 4 nitrogen and oxygen atoms in total. The van der Waals surface area contributed by atoms with Gasteiger partial charge in [0.1, 0.15) is 10.7 Å². The smallest absolute Gasteiger partial charge is 0.241 e. The molecule has 1 heterocycles. The van der Waals surface area contributed by atoms with Crippen LogP contribution in [0.3, 0.4) is 0 Å². The molecule has 0 aliphatic heterocycles. The minimum atomic E-state index is -3.67. The van der Waals surface area contributed by atoms with Crippen molar-refractivity contribution in [1.82, 2.24) is 0 Å². The van der Waals surface area contributed by atoms with E-state index in [9.17, 15) is 8.42 Å². The van der Waals surface area contributed by atoms with Crippen LogP contribution in [-0.2, 0) is 15.4 Å². The van der Waals surface area contributed by atoms with Gasteiger partial charge in [0.2, 0.25) is 10.0 Å².